The van der Waals surface area contributed by atoms with Crippen LogP contribution in [-0.2, 0) is 14.3 Å². The largest absolute Gasteiger partial charge is 0.354 e. The lowest BCUT2D eigenvalue weighted by molar-refractivity contribution is -0.144. The highest BCUT2D eigenvalue weighted by molar-refractivity contribution is 5.80. The number of nitrogens with two attached hydrogens (primary N) is 1. The van der Waals surface area contributed by atoms with Crippen LogP contribution in [0.15, 0.2) is 0 Å². The van der Waals surface area contributed by atoms with Gasteiger partial charge < -0.3 is 20.5 Å². The maximum atomic E-state index is 12.5. The zero-order valence-electron chi connectivity index (χ0n) is 13.6. The maximum Gasteiger partial charge on any atom is 0.224 e. The molecule has 4 unspecified atom stereocenters. The van der Waals surface area contributed by atoms with E-state index in [-0.39, 0.29) is 29.3 Å². The SMILES string of the molecule is COC(OC)C(C)NC(=O)C1CCC(N)C(C)C1(C)C. The van der Waals surface area contributed by atoms with Gasteiger partial charge in [0.15, 0.2) is 6.29 Å². The van der Waals surface area contributed by atoms with Gasteiger partial charge in [-0.05, 0) is 31.1 Å². The number of rotatable bonds is 5. The van der Waals surface area contributed by atoms with Gasteiger partial charge in [0.1, 0.15) is 0 Å². The molecule has 0 aromatic rings. The molecule has 0 aromatic heterocycles. The normalized spacial score (nSPS) is 31.1. The minimum absolute atomic E-state index is 0.0193. The van der Waals surface area contributed by atoms with E-state index in [9.17, 15) is 4.79 Å². The highest BCUT2D eigenvalue weighted by Crippen LogP contribution is 2.44. The fraction of sp³-hybridized carbons (Fsp3) is 0.933. The third-order valence-electron chi connectivity index (χ3n) is 5.06. The molecule has 1 amide bonds. The van der Waals surface area contributed by atoms with Gasteiger partial charge in [-0.15, -0.1) is 0 Å². The molecule has 118 valence electrons. The van der Waals surface area contributed by atoms with E-state index in [0.29, 0.717) is 5.92 Å². The zero-order valence-corrected chi connectivity index (χ0v) is 13.6. The number of nitrogens with one attached hydrogen (secondary N) is 1. The topological polar surface area (TPSA) is 73.6 Å². The minimum atomic E-state index is -0.426. The van der Waals surface area contributed by atoms with Crippen LogP contribution in [0.1, 0.15) is 40.5 Å². The predicted molar refractivity (Wildman–Crippen MR) is 79.1 cm³/mol. The van der Waals surface area contributed by atoms with Gasteiger partial charge in [0.25, 0.3) is 0 Å². The highest BCUT2D eigenvalue weighted by Gasteiger charge is 2.45. The minimum Gasteiger partial charge on any atom is -0.354 e. The Hall–Kier alpha value is -0.650. The Morgan fingerprint density at radius 3 is 2.35 bits per heavy atom. The maximum absolute atomic E-state index is 12.5. The first kappa shape index (κ1) is 17.4. The molecule has 1 rings (SSSR count). The van der Waals surface area contributed by atoms with Crippen LogP contribution in [0.25, 0.3) is 0 Å². The van der Waals surface area contributed by atoms with Gasteiger partial charge in [0, 0.05) is 26.2 Å². The van der Waals surface area contributed by atoms with E-state index in [2.05, 4.69) is 26.1 Å². The lowest BCUT2D eigenvalue weighted by Gasteiger charge is -2.46. The summed E-state index contributed by atoms with van der Waals surface area (Å²) in [4.78, 5) is 12.5. The van der Waals surface area contributed by atoms with Crippen LogP contribution in [0.2, 0.25) is 0 Å². The van der Waals surface area contributed by atoms with Gasteiger partial charge in [0.05, 0.1) is 6.04 Å². The number of carbonyl (C=O) groups excluding carboxylic acids is 1. The van der Waals surface area contributed by atoms with Gasteiger partial charge in [-0.3, -0.25) is 4.79 Å². The first-order valence-corrected chi connectivity index (χ1v) is 7.37. The second-order valence-electron chi connectivity index (χ2n) is 6.54. The van der Waals surface area contributed by atoms with Crippen molar-refractivity contribution in [2.24, 2.45) is 23.0 Å². The van der Waals surface area contributed by atoms with E-state index in [4.69, 9.17) is 15.2 Å². The van der Waals surface area contributed by atoms with Gasteiger partial charge in [0.2, 0.25) is 5.91 Å². The summed E-state index contributed by atoms with van der Waals surface area (Å²) in [6.07, 6.45) is 1.31. The standard InChI is InChI=1S/C15H30N2O3/c1-9-12(16)8-7-11(15(9,3)4)13(18)17-10(2)14(19-5)20-6/h9-12,14H,7-8,16H2,1-6H3,(H,17,18). The Morgan fingerprint density at radius 1 is 1.30 bits per heavy atom. The quantitative estimate of drug-likeness (QED) is 0.751. The first-order chi connectivity index (χ1) is 9.25. The van der Waals surface area contributed by atoms with E-state index < -0.39 is 6.29 Å². The molecule has 5 nitrogen and oxygen atoms in total. The van der Waals surface area contributed by atoms with Crippen molar-refractivity contribution < 1.29 is 14.3 Å². The number of methoxy groups -OCH3 is 2. The molecule has 4 atom stereocenters. The molecule has 0 saturated heterocycles. The molecule has 0 bridgehead atoms. The van der Waals surface area contributed by atoms with Crippen molar-refractivity contribution in [2.75, 3.05) is 14.2 Å². The molecule has 0 spiro atoms. The molecule has 0 aromatic carbocycles. The van der Waals surface area contributed by atoms with Crippen LogP contribution in [0.3, 0.4) is 0 Å². The molecule has 1 aliphatic rings. The number of ether oxygens (including phenoxy) is 2. The Labute approximate surface area is 122 Å². The van der Waals surface area contributed by atoms with Crippen molar-refractivity contribution in [1.82, 2.24) is 5.32 Å². The van der Waals surface area contributed by atoms with E-state index in [1.165, 1.54) is 0 Å². The molecule has 3 N–H and O–H groups in total. The summed E-state index contributed by atoms with van der Waals surface area (Å²) in [5.74, 6) is 0.373. The van der Waals surface area contributed by atoms with Crippen LogP contribution >= 0.6 is 0 Å². The van der Waals surface area contributed by atoms with Crippen LogP contribution in [-0.4, -0.2) is 38.5 Å². The summed E-state index contributed by atoms with van der Waals surface area (Å²) < 4.78 is 10.4. The molecule has 1 saturated carbocycles. The number of amides is 1. The Morgan fingerprint density at radius 2 is 1.85 bits per heavy atom. The Kier molecular flexibility index (Phi) is 5.98. The lowest BCUT2D eigenvalue weighted by atomic mass is 9.61. The van der Waals surface area contributed by atoms with Gasteiger partial charge in [-0.25, -0.2) is 0 Å². The average Bonchev–Trinajstić information content (AvgIpc) is 2.37. The third-order valence-corrected chi connectivity index (χ3v) is 5.06. The average molecular weight is 286 g/mol. The number of hydrogen-bond acceptors (Lipinski definition) is 4. The number of carbonyl (C=O) groups is 1. The van der Waals surface area contributed by atoms with Crippen molar-refractivity contribution >= 4 is 5.91 Å². The van der Waals surface area contributed by atoms with Crippen molar-refractivity contribution in [3.8, 4) is 0 Å². The van der Waals surface area contributed by atoms with Gasteiger partial charge >= 0.3 is 0 Å². The van der Waals surface area contributed by atoms with E-state index in [0.717, 1.165) is 12.8 Å². The van der Waals surface area contributed by atoms with Gasteiger partial charge in [-0.1, -0.05) is 20.8 Å². The molecule has 5 heteroatoms. The zero-order chi connectivity index (χ0) is 15.5. The lowest BCUT2D eigenvalue weighted by Crippen LogP contribution is -2.54. The van der Waals surface area contributed by atoms with E-state index >= 15 is 0 Å². The Balaban J connectivity index is 2.72. The summed E-state index contributed by atoms with van der Waals surface area (Å²) in [5.41, 5.74) is 6.04. The summed E-state index contributed by atoms with van der Waals surface area (Å²) in [7, 11) is 3.14. The molecule has 1 fully saturated rings. The second-order valence-corrected chi connectivity index (χ2v) is 6.54. The highest BCUT2D eigenvalue weighted by atomic mass is 16.7. The fourth-order valence-corrected chi connectivity index (χ4v) is 3.22. The molecule has 20 heavy (non-hydrogen) atoms. The molecule has 0 aliphatic heterocycles. The molecular formula is C15H30N2O3. The molecule has 1 aliphatic carbocycles. The van der Waals surface area contributed by atoms with E-state index in [1.807, 2.05) is 6.92 Å². The molecule has 0 radical (unpaired) electrons. The van der Waals surface area contributed by atoms with Crippen LogP contribution in [0.4, 0.5) is 0 Å². The van der Waals surface area contributed by atoms with Crippen LogP contribution in [0.5, 0.6) is 0 Å². The molecular weight excluding hydrogens is 256 g/mol. The fourth-order valence-electron chi connectivity index (χ4n) is 3.22. The number of hydrogen-bond donors (Lipinski definition) is 2. The van der Waals surface area contributed by atoms with Crippen molar-refractivity contribution in [3.63, 3.8) is 0 Å². The summed E-state index contributed by atoms with van der Waals surface area (Å²) >= 11 is 0. The van der Waals surface area contributed by atoms with Crippen molar-refractivity contribution in [3.05, 3.63) is 0 Å². The smallest absolute Gasteiger partial charge is 0.224 e. The van der Waals surface area contributed by atoms with Crippen LogP contribution < -0.4 is 11.1 Å². The van der Waals surface area contributed by atoms with Crippen molar-refractivity contribution in [2.45, 2.75) is 58.9 Å². The first-order valence-electron chi connectivity index (χ1n) is 7.37. The summed E-state index contributed by atoms with van der Waals surface area (Å²) in [6.45, 7) is 8.30. The summed E-state index contributed by atoms with van der Waals surface area (Å²) in [6, 6.07) is -0.00335. The third kappa shape index (κ3) is 3.51. The monoisotopic (exact) mass is 286 g/mol. The summed E-state index contributed by atoms with van der Waals surface area (Å²) in [5, 5.41) is 3.01. The van der Waals surface area contributed by atoms with E-state index in [1.54, 1.807) is 14.2 Å². The van der Waals surface area contributed by atoms with Crippen LogP contribution in [0, 0.1) is 17.3 Å². The predicted octanol–water partition coefficient (Wildman–Crippen LogP) is 1.51. The van der Waals surface area contributed by atoms with Crippen molar-refractivity contribution in [1.29, 1.82) is 0 Å². The van der Waals surface area contributed by atoms with Gasteiger partial charge in [-0.2, -0.15) is 0 Å². The second kappa shape index (κ2) is 6.87. The molecule has 0 heterocycles. The Bertz CT molecular complexity index is 329.